The van der Waals surface area contributed by atoms with Crippen LogP contribution in [0.3, 0.4) is 0 Å². The molecule has 0 spiro atoms. The molecule has 1 aromatic carbocycles. The van der Waals surface area contributed by atoms with Crippen molar-refractivity contribution in [1.82, 2.24) is 9.55 Å². The second-order valence-electron chi connectivity index (χ2n) is 7.82. The van der Waals surface area contributed by atoms with Gasteiger partial charge in [-0.05, 0) is 29.9 Å². The predicted molar refractivity (Wildman–Crippen MR) is 111 cm³/mol. The van der Waals surface area contributed by atoms with Crippen molar-refractivity contribution < 1.29 is 4.79 Å². The lowest BCUT2D eigenvalue weighted by molar-refractivity contribution is -0.121. The van der Waals surface area contributed by atoms with Crippen LogP contribution in [-0.2, 0) is 10.2 Å². The van der Waals surface area contributed by atoms with Crippen LogP contribution in [0.25, 0.3) is 21.3 Å². The van der Waals surface area contributed by atoms with Gasteiger partial charge >= 0.3 is 0 Å². The van der Waals surface area contributed by atoms with Gasteiger partial charge in [-0.2, -0.15) is 0 Å². The number of carbonyl (C=O) groups is 1. The number of hydrogen-bond donors (Lipinski definition) is 1. The van der Waals surface area contributed by atoms with Crippen molar-refractivity contribution in [2.75, 3.05) is 0 Å². The minimum Gasteiger partial charge on any atom is -0.368 e. The summed E-state index contributed by atoms with van der Waals surface area (Å²) in [4.78, 5) is 30.3. The molecule has 2 heterocycles. The number of amides is 1. The highest BCUT2D eigenvalue weighted by molar-refractivity contribution is 7.17. The Morgan fingerprint density at radius 1 is 1.26 bits per heavy atom. The maximum atomic E-state index is 13.3. The van der Waals surface area contributed by atoms with E-state index >= 15 is 0 Å². The molecule has 142 valence electrons. The first-order valence-corrected chi connectivity index (χ1v) is 9.93. The van der Waals surface area contributed by atoms with Crippen LogP contribution < -0.4 is 11.3 Å². The minimum absolute atomic E-state index is 0.0659. The standard InChI is InChI=1S/C21H25N3O2S/c1-6-16(18(22)25)24-12(2)23-19-17(20(24)26)15(11-27-19)13-7-9-14(10-8-13)21(3,4)5/h7-11,16H,6H2,1-5H3,(H2,22,25). The fraction of sp³-hybridized carbons (Fsp3) is 0.381. The lowest BCUT2D eigenvalue weighted by atomic mass is 9.86. The molecule has 2 N–H and O–H groups in total. The summed E-state index contributed by atoms with van der Waals surface area (Å²) in [6.45, 7) is 10.1. The summed E-state index contributed by atoms with van der Waals surface area (Å²) in [5, 5.41) is 2.51. The van der Waals surface area contributed by atoms with Crippen molar-refractivity contribution in [3.8, 4) is 11.1 Å². The summed E-state index contributed by atoms with van der Waals surface area (Å²) in [6.07, 6.45) is 0.447. The molecular weight excluding hydrogens is 358 g/mol. The molecule has 1 unspecified atom stereocenters. The maximum absolute atomic E-state index is 13.3. The first-order chi connectivity index (χ1) is 12.6. The number of aromatic nitrogens is 2. The van der Waals surface area contributed by atoms with Crippen LogP contribution >= 0.6 is 11.3 Å². The van der Waals surface area contributed by atoms with Crippen LogP contribution in [-0.4, -0.2) is 15.5 Å². The summed E-state index contributed by atoms with van der Waals surface area (Å²) in [5.41, 5.74) is 8.43. The number of nitrogens with two attached hydrogens (primary N) is 1. The summed E-state index contributed by atoms with van der Waals surface area (Å²) >= 11 is 1.44. The quantitative estimate of drug-likeness (QED) is 0.734. The lowest BCUT2D eigenvalue weighted by Gasteiger charge is -2.19. The number of rotatable bonds is 4. The number of aryl methyl sites for hydroxylation is 1. The van der Waals surface area contributed by atoms with Gasteiger partial charge in [0.1, 0.15) is 16.7 Å². The zero-order valence-electron chi connectivity index (χ0n) is 16.4. The Balaban J connectivity index is 2.22. The molecule has 0 aliphatic carbocycles. The Kier molecular flexibility index (Phi) is 4.95. The van der Waals surface area contributed by atoms with Gasteiger partial charge in [-0.1, -0.05) is 52.0 Å². The van der Waals surface area contributed by atoms with E-state index in [9.17, 15) is 9.59 Å². The van der Waals surface area contributed by atoms with E-state index in [1.165, 1.54) is 21.5 Å². The Morgan fingerprint density at radius 2 is 1.89 bits per heavy atom. The summed E-state index contributed by atoms with van der Waals surface area (Å²) < 4.78 is 1.43. The number of thiophene rings is 1. The third-order valence-corrected chi connectivity index (χ3v) is 5.78. The first-order valence-electron chi connectivity index (χ1n) is 9.05. The Bertz CT molecular complexity index is 1060. The molecule has 5 nitrogen and oxygen atoms in total. The first kappa shape index (κ1) is 19.3. The van der Waals surface area contributed by atoms with Crippen molar-refractivity contribution >= 4 is 27.5 Å². The average Bonchev–Trinajstić information content (AvgIpc) is 3.01. The van der Waals surface area contributed by atoms with Crippen molar-refractivity contribution in [2.45, 2.75) is 52.5 Å². The molecule has 0 saturated heterocycles. The maximum Gasteiger partial charge on any atom is 0.263 e. The van der Waals surface area contributed by atoms with Gasteiger partial charge in [0.2, 0.25) is 5.91 Å². The van der Waals surface area contributed by atoms with Crippen LogP contribution in [0.15, 0.2) is 34.4 Å². The molecule has 3 rings (SSSR count). The highest BCUT2D eigenvalue weighted by atomic mass is 32.1. The molecule has 27 heavy (non-hydrogen) atoms. The van der Waals surface area contributed by atoms with Gasteiger partial charge in [0.05, 0.1) is 5.39 Å². The second-order valence-corrected chi connectivity index (χ2v) is 8.68. The molecule has 6 heteroatoms. The number of benzene rings is 1. The third-order valence-electron chi connectivity index (χ3n) is 4.90. The van der Waals surface area contributed by atoms with Gasteiger partial charge in [0, 0.05) is 10.9 Å². The normalized spacial score (nSPS) is 13.1. The number of hydrogen-bond acceptors (Lipinski definition) is 4. The molecule has 0 aliphatic rings. The third kappa shape index (κ3) is 3.41. The predicted octanol–water partition coefficient (Wildman–Crippen LogP) is 4.17. The Labute approximate surface area is 162 Å². The van der Waals surface area contributed by atoms with Crippen LogP contribution in [0.5, 0.6) is 0 Å². The SMILES string of the molecule is CCC(C(N)=O)n1c(C)nc2scc(-c3ccc(C(C)(C)C)cc3)c2c1=O. The average molecular weight is 384 g/mol. The van der Waals surface area contributed by atoms with Gasteiger partial charge in [0.15, 0.2) is 0 Å². The molecule has 0 fully saturated rings. The van der Waals surface area contributed by atoms with Gasteiger partial charge < -0.3 is 5.73 Å². The second kappa shape index (κ2) is 6.93. The van der Waals surface area contributed by atoms with Gasteiger partial charge in [-0.25, -0.2) is 4.98 Å². The topological polar surface area (TPSA) is 78.0 Å². The van der Waals surface area contributed by atoms with Crippen molar-refractivity contribution in [3.05, 3.63) is 51.4 Å². The lowest BCUT2D eigenvalue weighted by Crippen LogP contribution is -2.35. The van der Waals surface area contributed by atoms with Crippen LogP contribution in [0.1, 0.15) is 51.5 Å². The molecule has 1 atom stereocenters. The molecular formula is C21H25N3O2S. The van der Waals surface area contributed by atoms with E-state index in [1.54, 1.807) is 6.92 Å². The smallest absolute Gasteiger partial charge is 0.263 e. The number of carbonyl (C=O) groups excluding carboxylic acids is 1. The number of nitrogens with zero attached hydrogens (tertiary/aromatic N) is 2. The molecule has 2 aromatic heterocycles. The van der Waals surface area contributed by atoms with Crippen molar-refractivity contribution in [1.29, 1.82) is 0 Å². The van der Waals surface area contributed by atoms with E-state index < -0.39 is 11.9 Å². The monoisotopic (exact) mass is 383 g/mol. The van der Waals surface area contributed by atoms with Crippen molar-refractivity contribution in [2.24, 2.45) is 5.73 Å². The van der Waals surface area contributed by atoms with E-state index in [1.807, 2.05) is 24.4 Å². The zero-order chi connectivity index (χ0) is 19.9. The summed E-state index contributed by atoms with van der Waals surface area (Å²) in [5.74, 6) is -0.00945. The van der Waals surface area contributed by atoms with E-state index in [0.717, 1.165) is 11.1 Å². The van der Waals surface area contributed by atoms with Gasteiger partial charge in [-0.3, -0.25) is 14.2 Å². The Morgan fingerprint density at radius 3 is 2.41 bits per heavy atom. The van der Waals surface area contributed by atoms with Gasteiger partial charge in [-0.15, -0.1) is 11.3 Å². The number of primary amides is 1. The van der Waals surface area contributed by atoms with E-state index in [4.69, 9.17) is 5.73 Å². The van der Waals surface area contributed by atoms with E-state index in [-0.39, 0.29) is 11.0 Å². The van der Waals surface area contributed by atoms with Crippen LogP contribution in [0.2, 0.25) is 0 Å². The fourth-order valence-corrected chi connectivity index (χ4v) is 4.33. The highest BCUT2D eigenvalue weighted by Crippen LogP contribution is 2.33. The largest absolute Gasteiger partial charge is 0.368 e. The molecule has 0 aliphatic heterocycles. The Hall–Kier alpha value is -2.47. The summed E-state index contributed by atoms with van der Waals surface area (Å²) in [6, 6.07) is 7.58. The van der Waals surface area contributed by atoms with E-state index in [2.05, 4.69) is 37.9 Å². The number of fused-ring (bicyclic) bond motifs is 1. The van der Waals surface area contributed by atoms with Crippen molar-refractivity contribution in [3.63, 3.8) is 0 Å². The molecule has 0 saturated carbocycles. The highest BCUT2D eigenvalue weighted by Gasteiger charge is 2.23. The molecule has 0 bridgehead atoms. The summed E-state index contributed by atoms with van der Waals surface area (Å²) in [7, 11) is 0. The van der Waals surface area contributed by atoms with Crippen LogP contribution in [0, 0.1) is 6.92 Å². The zero-order valence-corrected chi connectivity index (χ0v) is 17.2. The van der Waals surface area contributed by atoms with Crippen LogP contribution in [0.4, 0.5) is 0 Å². The fourth-order valence-electron chi connectivity index (χ4n) is 3.35. The molecule has 0 radical (unpaired) electrons. The minimum atomic E-state index is -0.689. The molecule has 3 aromatic rings. The van der Waals surface area contributed by atoms with Gasteiger partial charge in [0.25, 0.3) is 5.56 Å². The molecule has 1 amide bonds. The van der Waals surface area contributed by atoms with E-state index in [0.29, 0.717) is 22.5 Å².